The molecular weight excluding hydrogens is 1210 g/mol. The number of hydrogen-bond donors (Lipinski definition) is 1. The summed E-state index contributed by atoms with van der Waals surface area (Å²) in [6, 6.07) is 18.9. The molecule has 0 saturated carbocycles. The zero-order chi connectivity index (χ0) is 59.7. The minimum Gasteiger partial charge on any atom is -0.466 e. The highest BCUT2D eigenvalue weighted by Crippen LogP contribution is 2.54. The van der Waals surface area contributed by atoms with E-state index in [1.165, 1.54) is 30.3 Å². The summed E-state index contributed by atoms with van der Waals surface area (Å²) in [6.45, 7) is 9.72. The van der Waals surface area contributed by atoms with Gasteiger partial charge in [-0.25, -0.2) is 19.6 Å². The third kappa shape index (κ3) is 17.5. The summed E-state index contributed by atoms with van der Waals surface area (Å²) in [5, 5.41) is 1.87. The van der Waals surface area contributed by atoms with E-state index in [-0.39, 0.29) is 102 Å². The van der Waals surface area contributed by atoms with Crippen LogP contribution in [0.15, 0.2) is 81.7 Å². The normalized spacial score (nSPS) is 12.1. The van der Waals surface area contributed by atoms with Gasteiger partial charge in [-0.3, -0.25) is 38.8 Å². The van der Waals surface area contributed by atoms with Crippen LogP contribution in [0.1, 0.15) is 120 Å². The van der Waals surface area contributed by atoms with Crippen molar-refractivity contribution < 1.29 is 75.2 Å². The summed E-state index contributed by atoms with van der Waals surface area (Å²) in [5.41, 5.74) is 2.25. The second-order valence-corrected chi connectivity index (χ2v) is 20.1. The van der Waals surface area contributed by atoms with Crippen LogP contribution in [-0.2, 0) is 84.0 Å². The number of esters is 6. The molecule has 19 nitrogen and oxygen atoms in total. The van der Waals surface area contributed by atoms with Crippen LogP contribution in [0.4, 0.5) is 18.9 Å². The lowest BCUT2D eigenvalue weighted by Gasteiger charge is -2.30. The van der Waals surface area contributed by atoms with Crippen molar-refractivity contribution in [3.63, 3.8) is 0 Å². The van der Waals surface area contributed by atoms with Crippen LogP contribution in [0.5, 0.6) is 0 Å². The maximum absolute atomic E-state index is 13.6. The van der Waals surface area contributed by atoms with E-state index < -0.39 is 66.2 Å². The van der Waals surface area contributed by atoms with E-state index >= 15 is 0 Å². The molecule has 0 spiro atoms. The smallest absolute Gasteiger partial charge is 0.466 e. The van der Waals surface area contributed by atoms with Gasteiger partial charge in [0.25, 0.3) is 0 Å². The third-order valence-electron chi connectivity index (χ3n) is 12.2. The molecule has 0 saturated heterocycles. The fourth-order valence-corrected chi connectivity index (χ4v) is 10.1. The number of carbonyl (C=O) groups is 7. The summed E-state index contributed by atoms with van der Waals surface area (Å²) in [6.07, 6.45) is -6.12. The lowest BCUT2D eigenvalue weighted by molar-refractivity contribution is -0.167. The van der Waals surface area contributed by atoms with Gasteiger partial charge in [-0.1, -0.05) is 55.8 Å². The predicted molar refractivity (Wildman–Crippen MR) is 297 cm³/mol. The van der Waals surface area contributed by atoms with Crippen LogP contribution in [0.25, 0.3) is 11.1 Å². The molecule has 1 aliphatic rings. The zero-order valence-corrected chi connectivity index (χ0v) is 48.9. The van der Waals surface area contributed by atoms with Crippen molar-refractivity contribution in [2.75, 3.05) is 58.0 Å². The minimum absolute atomic E-state index is 0.0109. The van der Waals surface area contributed by atoms with Crippen LogP contribution >= 0.6 is 31.9 Å². The molecule has 6 rings (SSSR count). The van der Waals surface area contributed by atoms with E-state index in [1.807, 2.05) is 5.32 Å². The molecule has 0 aliphatic heterocycles. The number of anilines is 1. The third-order valence-corrected chi connectivity index (χ3v) is 13.1. The molecule has 3 heterocycles. The zero-order valence-electron chi connectivity index (χ0n) is 45.8. The second-order valence-electron chi connectivity index (χ2n) is 18.3. The van der Waals surface area contributed by atoms with E-state index in [0.29, 0.717) is 59.5 Å². The molecule has 1 aliphatic carbocycles. The number of nitrogens with zero attached hydrogens (tertiary/aromatic N) is 5. The number of rotatable bonds is 25. The van der Waals surface area contributed by atoms with Gasteiger partial charge in [-0.15, -0.1) is 0 Å². The highest BCUT2D eigenvalue weighted by atomic mass is 79.9. The van der Waals surface area contributed by atoms with Gasteiger partial charge >= 0.3 is 47.9 Å². The summed E-state index contributed by atoms with van der Waals surface area (Å²) < 4.78 is 73.4. The largest absolute Gasteiger partial charge is 0.471 e. The van der Waals surface area contributed by atoms with Crippen molar-refractivity contribution >= 4 is 79.3 Å². The first-order valence-corrected chi connectivity index (χ1v) is 27.6. The molecule has 5 aromatic rings. The molecule has 1 N–H and O–H groups in total. The fourth-order valence-electron chi connectivity index (χ4n) is 9.15. The number of carbonyl (C=O) groups excluding carboxylic acids is 7. The maximum atomic E-state index is 13.6. The van der Waals surface area contributed by atoms with Gasteiger partial charge in [0.2, 0.25) is 0 Å². The van der Waals surface area contributed by atoms with Gasteiger partial charge in [0.05, 0.1) is 88.3 Å². The van der Waals surface area contributed by atoms with E-state index in [0.717, 1.165) is 0 Å². The van der Waals surface area contributed by atoms with Crippen LogP contribution in [0, 0.1) is 11.8 Å². The van der Waals surface area contributed by atoms with Crippen molar-refractivity contribution in [2.24, 2.45) is 0 Å². The number of hydrogen-bond acceptors (Lipinski definition) is 18. The van der Waals surface area contributed by atoms with Gasteiger partial charge in [-0.2, -0.15) is 13.2 Å². The number of amides is 1. The quantitative estimate of drug-likeness (QED) is 0.0326. The predicted octanol–water partition coefficient (Wildman–Crippen LogP) is 8.95. The highest BCUT2D eigenvalue weighted by molar-refractivity contribution is 9.10. The Hall–Kier alpha value is -7.59. The van der Waals surface area contributed by atoms with Crippen molar-refractivity contribution in [3.8, 4) is 23.0 Å². The topological polar surface area (TPSA) is 232 Å². The Morgan fingerprint density at radius 1 is 0.512 bits per heavy atom. The average Bonchev–Trinajstić information content (AvgIpc) is 1.91. The van der Waals surface area contributed by atoms with Crippen LogP contribution in [0.3, 0.4) is 0 Å². The van der Waals surface area contributed by atoms with Crippen LogP contribution < -0.4 is 5.32 Å². The van der Waals surface area contributed by atoms with E-state index in [4.69, 9.17) is 33.4 Å². The number of pyridine rings is 3. The summed E-state index contributed by atoms with van der Waals surface area (Å²) >= 11 is 6.91. The molecule has 434 valence electrons. The number of halogens is 5. The van der Waals surface area contributed by atoms with E-state index in [2.05, 4.69) is 53.7 Å². The van der Waals surface area contributed by atoms with Gasteiger partial charge < -0.3 is 33.7 Å². The Balaban J connectivity index is 1.50. The number of fused-ring (bicyclic) bond motifs is 3. The SMILES string of the molecule is CCOC(=O)CN(Cc1cc(C#Cc2ccc3c(c2)C(CC(=O)OCC)(CC(=O)OCC)c2cc(NC(=O)C(F)(F)F)ccc2-3)cc(CN(CC(=O)OCC)Cc2cc(Br)cc(C(=O)OCC)n2)n1)Cc1cc(Br)cc(C(=O)OCC)n1. The Morgan fingerprint density at radius 2 is 0.915 bits per heavy atom. The summed E-state index contributed by atoms with van der Waals surface area (Å²) in [5.74, 6) is 0.305. The maximum Gasteiger partial charge on any atom is 0.471 e. The average molecular weight is 1260 g/mol. The molecule has 1 amide bonds. The minimum atomic E-state index is -5.22. The molecule has 0 radical (unpaired) electrons. The van der Waals surface area contributed by atoms with Crippen LogP contribution in [0.2, 0.25) is 0 Å². The molecule has 0 bridgehead atoms. The summed E-state index contributed by atoms with van der Waals surface area (Å²) in [7, 11) is 0. The number of alkyl halides is 3. The first kappa shape index (κ1) is 63.6. The van der Waals surface area contributed by atoms with Gasteiger partial charge in [-0.05, 0) is 124 Å². The molecule has 82 heavy (non-hydrogen) atoms. The molecule has 0 unspecified atom stereocenters. The molecular formula is C58H59Br2F3N6O13. The molecule has 24 heteroatoms. The van der Waals surface area contributed by atoms with Crippen molar-refractivity contribution in [1.29, 1.82) is 0 Å². The lowest BCUT2D eigenvalue weighted by atomic mass is 9.72. The van der Waals surface area contributed by atoms with Crippen molar-refractivity contribution in [1.82, 2.24) is 24.8 Å². The Morgan fingerprint density at radius 3 is 1.35 bits per heavy atom. The standard InChI is InChI=1S/C58H59Br2F3N6O13/c1-7-77-50(70)27-57(28-51(71)78-8-2)46-21-35(15-17-44(46)45-18-16-39(26-47(45)57)67-56(76)58(61,62)63)13-14-36-19-40(29-68(33-52(72)79-9-3)31-42-22-37(59)24-48(65-42)54(74)81-11-5)64-41(20-36)30-69(34-53(73)80-10-4)32-43-23-38(60)25-49(66-43)55(75)82-12-6/h15-26H,7-12,27-34H2,1-6H3,(H,67,76). The Bertz CT molecular complexity index is 3140. The first-order valence-electron chi connectivity index (χ1n) is 26.0. The number of benzene rings is 2. The second kappa shape index (κ2) is 29.4. The molecule has 2 aromatic carbocycles. The molecule has 0 atom stereocenters. The fraction of sp³-hybridized carbons (Fsp3) is 0.379. The van der Waals surface area contributed by atoms with Crippen molar-refractivity contribution in [3.05, 3.63) is 138 Å². The first-order chi connectivity index (χ1) is 39.1. The number of nitrogens with one attached hydrogen (secondary N) is 1. The van der Waals surface area contributed by atoms with Gasteiger partial charge in [0.1, 0.15) is 11.4 Å². The number of aromatic nitrogens is 3. The lowest BCUT2D eigenvalue weighted by Crippen LogP contribution is -2.34. The van der Waals surface area contributed by atoms with E-state index in [1.54, 1.807) is 93.8 Å². The summed E-state index contributed by atoms with van der Waals surface area (Å²) in [4.78, 5) is 109. The van der Waals surface area contributed by atoms with E-state index in [9.17, 15) is 46.7 Å². The Kier molecular flexibility index (Phi) is 22.8. The molecule has 3 aromatic heterocycles. The molecule has 0 fully saturated rings. The highest BCUT2D eigenvalue weighted by Gasteiger charge is 2.48. The number of ether oxygens (including phenoxy) is 6. The van der Waals surface area contributed by atoms with Gasteiger partial charge in [0.15, 0.2) is 0 Å². The van der Waals surface area contributed by atoms with Crippen LogP contribution in [-0.4, -0.2) is 125 Å². The van der Waals surface area contributed by atoms with Gasteiger partial charge in [0, 0.05) is 57.4 Å². The monoisotopic (exact) mass is 1260 g/mol. The van der Waals surface area contributed by atoms with Crippen molar-refractivity contribution in [2.45, 2.75) is 92.2 Å². The Labute approximate surface area is 488 Å².